The molecule has 0 bridgehead atoms. The van der Waals surface area contributed by atoms with Crippen molar-refractivity contribution in [2.45, 2.75) is 52.5 Å². The van der Waals surface area contributed by atoms with Crippen LogP contribution in [0.5, 0.6) is 5.75 Å². The standard InChI is InChI=1S/C16H27NO/c1-5-13(4)15-10-8-9-11-16(15)18-12-14(6-2)17-7-3/h8-11,13-14,17H,5-7,12H2,1-4H3. The maximum Gasteiger partial charge on any atom is 0.122 e. The Morgan fingerprint density at radius 1 is 1.11 bits per heavy atom. The molecule has 2 atom stereocenters. The third-order valence-corrected chi connectivity index (χ3v) is 3.49. The molecule has 0 fully saturated rings. The number of para-hydroxylation sites is 1. The van der Waals surface area contributed by atoms with E-state index in [0.717, 1.165) is 31.7 Å². The fourth-order valence-corrected chi connectivity index (χ4v) is 2.04. The van der Waals surface area contributed by atoms with Gasteiger partial charge in [0.05, 0.1) is 0 Å². The van der Waals surface area contributed by atoms with Gasteiger partial charge in [-0.2, -0.15) is 0 Å². The number of benzene rings is 1. The van der Waals surface area contributed by atoms with Gasteiger partial charge in [-0.15, -0.1) is 0 Å². The lowest BCUT2D eigenvalue weighted by Gasteiger charge is -2.20. The van der Waals surface area contributed by atoms with Gasteiger partial charge in [0.25, 0.3) is 0 Å². The zero-order valence-corrected chi connectivity index (χ0v) is 12.2. The predicted octanol–water partition coefficient (Wildman–Crippen LogP) is 3.97. The van der Waals surface area contributed by atoms with Crippen LogP contribution in [0.3, 0.4) is 0 Å². The summed E-state index contributed by atoms with van der Waals surface area (Å²) in [5.74, 6) is 1.60. The van der Waals surface area contributed by atoms with Crippen molar-refractivity contribution in [2.24, 2.45) is 0 Å². The molecule has 18 heavy (non-hydrogen) atoms. The number of hydrogen-bond acceptors (Lipinski definition) is 2. The van der Waals surface area contributed by atoms with Crippen LogP contribution in [0.4, 0.5) is 0 Å². The fourth-order valence-electron chi connectivity index (χ4n) is 2.04. The Bertz CT molecular complexity index is 338. The van der Waals surface area contributed by atoms with E-state index in [1.807, 2.05) is 0 Å². The van der Waals surface area contributed by atoms with Crippen LogP contribution in [-0.2, 0) is 0 Å². The quantitative estimate of drug-likeness (QED) is 0.753. The first kappa shape index (κ1) is 15.0. The first-order valence-corrected chi connectivity index (χ1v) is 7.17. The largest absolute Gasteiger partial charge is 0.492 e. The molecule has 1 N–H and O–H groups in total. The lowest BCUT2D eigenvalue weighted by atomic mass is 9.98. The number of hydrogen-bond donors (Lipinski definition) is 1. The van der Waals surface area contributed by atoms with Crippen LogP contribution in [0, 0.1) is 0 Å². The molecule has 2 heteroatoms. The van der Waals surface area contributed by atoms with Crippen molar-refractivity contribution in [3.63, 3.8) is 0 Å². The Balaban J connectivity index is 2.66. The van der Waals surface area contributed by atoms with Gasteiger partial charge in [-0.05, 0) is 36.9 Å². The van der Waals surface area contributed by atoms with Crippen molar-refractivity contribution in [1.82, 2.24) is 5.32 Å². The highest BCUT2D eigenvalue weighted by Gasteiger charge is 2.11. The molecule has 0 radical (unpaired) electrons. The van der Waals surface area contributed by atoms with Crippen LogP contribution in [0.2, 0.25) is 0 Å². The molecule has 0 saturated carbocycles. The van der Waals surface area contributed by atoms with Crippen LogP contribution >= 0.6 is 0 Å². The summed E-state index contributed by atoms with van der Waals surface area (Å²) < 4.78 is 6.00. The first-order valence-electron chi connectivity index (χ1n) is 7.17. The molecule has 2 nitrogen and oxygen atoms in total. The van der Waals surface area contributed by atoms with E-state index in [4.69, 9.17) is 4.74 Å². The summed E-state index contributed by atoms with van der Waals surface area (Å²) in [6.45, 7) is 10.5. The highest BCUT2D eigenvalue weighted by molar-refractivity contribution is 5.35. The van der Waals surface area contributed by atoms with Gasteiger partial charge in [0, 0.05) is 6.04 Å². The zero-order valence-electron chi connectivity index (χ0n) is 12.2. The maximum absolute atomic E-state index is 6.00. The molecule has 0 amide bonds. The molecule has 102 valence electrons. The fraction of sp³-hybridized carbons (Fsp3) is 0.625. The van der Waals surface area contributed by atoms with E-state index in [0.29, 0.717) is 12.0 Å². The third-order valence-electron chi connectivity index (χ3n) is 3.49. The number of ether oxygens (including phenoxy) is 1. The summed E-state index contributed by atoms with van der Waals surface area (Å²) in [6.07, 6.45) is 2.24. The van der Waals surface area contributed by atoms with Crippen molar-refractivity contribution < 1.29 is 4.74 Å². The monoisotopic (exact) mass is 249 g/mol. The van der Waals surface area contributed by atoms with Gasteiger partial charge in [-0.25, -0.2) is 0 Å². The van der Waals surface area contributed by atoms with Gasteiger partial charge >= 0.3 is 0 Å². The molecule has 0 aliphatic heterocycles. The molecule has 0 spiro atoms. The molecule has 2 unspecified atom stereocenters. The van der Waals surface area contributed by atoms with Gasteiger partial charge in [-0.1, -0.05) is 45.9 Å². The molecule has 1 rings (SSSR count). The molecular formula is C16H27NO. The van der Waals surface area contributed by atoms with E-state index in [2.05, 4.69) is 57.3 Å². The second kappa shape index (κ2) is 8.15. The minimum absolute atomic E-state index is 0.444. The second-order valence-corrected chi connectivity index (χ2v) is 4.82. The van der Waals surface area contributed by atoms with Gasteiger partial charge in [0.2, 0.25) is 0 Å². The van der Waals surface area contributed by atoms with Gasteiger partial charge in [0.15, 0.2) is 0 Å². The normalized spacial score (nSPS) is 14.2. The highest BCUT2D eigenvalue weighted by Crippen LogP contribution is 2.28. The number of likely N-dealkylation sites (N-methyl/N-ethyl adjacent to an activating group) is 1. The Hall–Kier alpha value is -1.02. The average molecular weight is 249 g/mol. The number of nitrogens with one attached hydrogen (secondary N) is 1. The molecule has 0 saturated heterocycles. The minimum atomic E-state index is 0.444. The summed E-state index contributed by atoms with van der Waals surface area (Å²) >= 11 is 0. The summed E-state index contributed by atoms with van der Waals surface area (Å²) in [5.41, 5.74) is 1.33. The van der Waals surface area contributed by atoms with Crippen LogP contribution in [-0.4, -0.2) is 19.2 Å². The summed E-state index contributed by atoms with van der Waals surface area (Å²) in [5, 5.41) is 3.44. The van der Waals surface area contributed by atoms with E-state index >= 15 is 0 Å². The van der Waals surface area contributed by atoms with Crippen molar-refractivity contribution in [3.05, 3.63) is 29.8 Å². The predicted molar refractivity (Wildman–Crippen MR) is 78.4 cm³/mol. The molecule has 0 aliphatic carbocycles. The molecule has 1 aromatic rings. The molecule has 0 aliphatic rings. The summed E-state index contributed by atoms with van der Waals surface area (Å²) in [6, 6.07) is 8.85. The minimum Gasteiger partial charge on any atom is -0.492 e. The van der Waals surface area contributed by atoms with Crippen LogP contribution in [0.25, 0.3) is 0 Å². The lowest BCUT2D eigenvalue weighted by molar-refractivity contribution is 0.259. The Morgan fingerprint density at radius 3 is 2.44 bits per heavy atom. The summed E-state index contributed by atoms with van der Waals surface area (Å²) in [7, 11) is 0. The van der Waals surface area contributed by atoms with Crippen molar-refractivity contribution >= 4 is 0 Å². The van der Waals surface area contributed by atoms with Crippen molar-refractivity contribution in [3.8, 4) is 5.75 Å². The van der Waals surface area contributed by atoms with E-state index in [9.17, 15) is 0 Å². The van der Waals surface area contributed by atoms with E-state index in [-0.39, 0.29) is 0 Å². The van der Waals surface area contributed by atoms with E-state index < -0.39 is 0 Å². The van der Waals surface area contributed by atoms with Gasteiger partial charge in [0.1, 0.15) is 12.4 Å². The Morgan fingerprint density at radius 2 is 1.83 bits per heavy atom. The topological polar surface area (TPSA) is 21.3 Å². The lowest BCUT2D eigenvalue weighted by Crippen LogP contribution is -2.33. The molecular weight excluding hydrogens is 222 g/mol. The van der Waals surface area contributed by atoms with Gasteiger partial charge in [-0.3, -0.25) is 0 Å². The van der Waals surface area contributed by atoms with E-state index in [1.54, 1.807) is 0 Å². The Labute approximate surface area is 112 Å². The van der Waals surface area contributed by atoms with Crippen LogP contribution in [0.15, 0.2) is 24.3 Å². The third kappa shape index (κ3) is 4.34. The van der Waals surface area contributed by atoms with Gasteiger partial charge < -0.3 is 10.1 Å². The molecule has 0 aromatic heterocycles. The van der Waals surface area contributed by atoms with Crippen molar-refractivity contribution in [2.75, 3.05) is 13.2 Å². The smallest absolute Gasteiger partial charge is 0.122 e. The molecule has 0 heterocycles. The summed E-state index contributed by atoms with van der Waals surface area (Å²) in [4.78, 5) is 0. The van der Waals surface area contributed by atoms with Crippen molar-refractivity contribution in [1.29, 1.82) is 0 Å². The highest BCUT2D eigenvalue weighted by atomic mass is 16.5. The van der Waals surface area contributed by atoms with E-state index in [1.165, 1.54) is 5.56 Å². The maximum atomic E-state index is 6.00. The SMILES string of the molecule is CCNC(CC)COc1ccccc1C(C)CC. The Kier molecular flexibility index (Phi) is 6.81. The first-order chi connectivity index (χ1) is 8.72. The van der Waals surface area contributed by atoms with Crippen LogP contribution < -0.4 is 10.1 Å². The zero-order chi connectivity index (χ0) is 13.4. The van der Waals surface area contributed by atoms with Crippen LogP contribution in [0.1, 0.15) is 52.0 Å². The average Bonchev–Trinajstić information content (AvgIpc) is 2.43. The second-order valence-electron chi connectivity index (χ2n) is 4.82. The molecule has 1 aromatic carbocycles. The number of rotatable bonds is 8.